The summed E-state index contributed by atoms with van der Waals surface area (Å²) in [6, 6.07) is 14.5. The zero-order valence-electron chi connectivity index (χ0n) is 14.2. The molecule has 0 aliphatic carbocycles. The van der Waals surface area contributed by atoms with Gasteiger partial charge in [0.1, 0.15) is 0 Å². The minimum atomic E-state index is 0.489. The fourth-order valence-corrected chi connectivity index (χ4v) is 2.72. The quantitative estimate of drug-likeness (QED) is 0.739. The predicted octanol–water partition coefficient (Wildman–Crippen LogP) is 4.15. The van der Waals surface area contributed by atoms with Gasteiger partial charge in [0.2, 0.25) is 5.95 Å². The van der Waals surface area contributed by atoms with Gasteiger partial charge in [0.05, 0.1) is 6.20 Å². The van der Waals surface area contributed by atoms with Crippen LogP contribution in [0.3, 0.4) is 0 Å². The van der Waals surface area contributed by atoms with E-state index in [9.17, 15) is 0 Å². The van der Waals surface area contributed by atoms with E-state index in [1.54, 1.807) is 6.20 Å². The summed E-state index contributed by atoms with van der Waals surface area (Å²) < 4.78 is 0. The lowest BCUT2D eigenvalue weighted by Crippen LogP contribution is -2.06. The first-order valence-electron chi connectivity index (χ1n) is 7.94. The van der Waals surface area contributed by atoms with Gasteiger partial charge in [0.25, 0.3) is 0 Å². The lowest BCUT2D eigenvalue weighted by atomic mass is 10.1. The third-order valence-corrected chi connectivity index (χ3v) is 3.79. The Morgan fingerprint density at radius 1 is 0.958 bits per heavy atom. The molecule has 5 heteroatoms. The summed E-state index contributed by atoms with van der Waals surface area (Å²) in [5.74, 6) is 1.18. The SMILES string of the molecule is Cc1cc(C)c(Nc2nncc(NCc3ccccc3)n2)c(C)c1. The molecule has 122 valence electrons. The van der Waals surface area contributed by atoms with Crippen LogP contribution in [0.5, 0.6) is 0 Å². The van der Waals surface area contributed by atoms with Crippen molar-refractivity contribution in [2.45, 2.75) is 27.3 Å². The van der Waals surface area contributed by atoms with Gasteiger partial charge in [-0.3, -0.25) is 0 Å². The van der Waals surface area contributed by atoms with Gasteiger partial charge >= 0.3 is 0 Å². The van der Waals surface area contributed by atoms with E-state index in [1.165, 1.54) is 22.3 Å². The van der Waals surface area contributed by atoms with E-state index >= 15 is 0 Å². The van der Waals surface area contributed by atoms with Crippen LogP contribution < -0.4 is 10.6 Å². The number of rotatable bonds is 5. The summed E-state index contributed by atoms with van der Waals surface area (Å²) in [5, 5.41) is 14.7. The molecule has 0 saturated carbocycles. The van der Waals surface area contributed by atoms with Crippen molar-refractivity contribution in [2.75, 3.05) is 10.6 Å². The van der Waals surface area contributed by atoms with Crippen molar-refractivity contribution in [1.82, 2.24) is 15.2 Å². The number of nitrogens with zero attached hydrogens (tertiary/aromatic N) is 3. The zero-order valence-corrected chi connectivity index (χ0v) is 14.2. The number of aryl methyl sites for hydroxylation is 3. The number of benzene rings is 2. The molecule has 0 saturated heterocycles. The first-order chi connectivity index (χ1) is 11.6. The molecule has 0 aliphatic rings. The van der Waals surface area contributed by atoms with E-state index in [4.69, 9.17) is 0 Å². The molecule has 0 spiro atoms. The fourth-order valence-electron chi connectivity index (χ4n) is 2.72. The normalized spacial score (nSPS) is 10.5. The van der Waals surface area contributed by atoms with Crippen LogP contribution in [0.4, 0.5) is 17.5 Å². The van der Waals surface area contributed by atoms with E-state index < -0.39 is 0 Å². The Labute approximate surface area is 142 Å². The number of hydrogen-bond donors (Lipinski definition) is 2. The molecule has 3 aromatic rings. The van der Waals surface area contributed by atoms with Gasteiger partial charge in [-0.15, -0.1) is 5.10 Å². The molecule has 0 unspecified atom stereocenters. The van der Waals surface area contributed by atoms with Crippen LogP contribution in [0, 0.1) is 20.8 Å². The maximum absolute atomic E-state index is 4.49. The second kappa shape index (κ2) is 7.08. The molecule has 0 fully saturated rings. The largest absolute Gasteiger partial charge is 0.365 e. The molecule has 1 aromatic heterocycles. The van der Waals surface area contributed by atoms with Crippen LogP contribution in [-0.2, 0) is 6.54 Å². The van der Waals surface area contributed by atoms with Crippen molar-refractivity contribution in [3.63, 3.8) is 0 Å². The van der Waals surface area contributed by atoms with Crippen molar-refractivity contribution < 1.29 is 0 Å². The highest BCUT2D eigenvalue weighted by atomic mass is 15.3. The van der Waals surface area contributed by atoms with Crippen molar-refractivity contribution in [2.24, 2.45) is 0 Å². The highest BCUT2D eigenvalue weighted by Gasteiger charge is 2.07. The maximum Gasteiger partial charge on any atom is 0.249 e. The molecule has 0 amide bonds. The summed E-state index contributed by atoms with van der Waals surface area (Å²) >= 11 is 0. The summed E-state index contributed by atoms with van der Waals surface area (Å²) in [7, 11) is 0. The molecule has 1 heterocycles. The Morgan fingerprint density at radius 3 is 2.38 bits per heavy atom. The molecule has 0 atom stereocenters. The topological polar surface area (TPSA) is 62.7 Å². The summed E-state index contributed by atoms with van der Waals surface area (Å²) in [4.78, 5) is 4.49. The first kappa shape index (κ1) is 15.9. The predicted molar refractivity (Wildman–Crippen MR) is 97.5 cm³/mol. The lowest BCUT2D eigenvalue weighted by molar-refractivity contribution is 0.964. The molecule has 0 radical (unpaired) electrons. The zero-order chi connectivity index (χ0) is 16.9. The van der Waals surface area contributed by atoms with E-state index in [1.807, 2.05) is 18.2 Å². The summed E-state index contributed by atoms with van der Waals surface area (Å²) in [5.41, 5.74) is 5.80. The number of aromatic nitrogens is 3. The standard InChI is InChI=1S/C19H21N5/c1-13-9-14(2)18(15(3)10-13)23-19-22-17(12-21-24-19)20-11-16-7-5-4-6-8-16/h4-10,12H,11H2,1-3H3,(H2,20,22,23,24). The Hall–Kier alpha value is -2.95. The number of hydrogen-bond acceptors (Lipinski definition) is 5. The lowest BCUT2D eigenvalue weighted by Gasteiger charge is -2.13. The maximum atomic E-state index is 4.49. The highest BCUT2D eigenvalue weighted by Crippen LogP contribution is 2.24. The van der Waals surface area contributed by atoms with Crippen LogP contribution in [0.15, 0.2) is 48.7 Å². The summed E-state index contributed by atoms with van der Waals surface area (Å²) in [6.45, 7) is 6.94. The van der Waals surface area contributed by atoms with Crippen LogP contribution in [0.2, 0.25) is 0 Å². The number of anilines is 3. The smallest absolute Gasteiger partial charge is 0.249 e. The molecule has 3 rings (SSSR count). The minimum absolute atomic E-state index is 0.489. The van der Waals surface area contributed by atoms with Crippen LogP contribution in [0.1, 0.15) is 22.3 Å². The average Bonchev–Trinajstić information content (AvgIpc) is 2.58. The molecule has 24 heavy (non-hydrogen) atoms. The van der Waals surface area contributed by atoms with Gasteiger partial charge in [0, 0.05) is 12.2 Å². The van der Waals surface area contributed by atoms with Gasteiger partial charge in [-0.05, 0) is 37.5 Å². The fraction of sp³-hybridized carbons (Fsp3) is 0.211. The van der Waals surface area contributed by atoms with Gasteiger partial charge < -0.3 is 10.6 Å². The molecule has 2 N–H and O–H groups in total. The monoisotopic (exact) mass is 319 g/mol. The van der Waals surface area contributed by atoms with Crippen molar-refractivity contribution in [3.8, 4) is 0 Å². The van der Waals surface area contributed by atoms with E-state index in [-0.39, 0.29) is 0 Å². The van der Waals surface area contributed by atoms with Gasteiger partial charge in [-0.2, -0.15) is 10.1 Å². The average molecular weight is 319 g/mol. The van der Waals surface area contributed by atoms with E-state index in [0.717, 1.165) is 5.69 Å². The van der Waals surface area contributed by atoms with Crippen molar-refractivity contribution >= 4 is 17.5 Å². The Morgan fingerprint density at radius 2 is 1.67 bits per heavy atom. The number of nitrogens with one attached hydrogen (secondary N) is 2. The van der Waals surface area contributed by atoms with Crippen molar-refractivity contribution in [3.05, 3.63) is 70.9 Å². The van der Waals surface area contributed by atoms with Crippen LogP contribution >= 0.6 is 0 Å². The van der Waals surface area contributed by atoms with Crippen LogP contribution in [0.25, 0.3) is 0 Å². The molecule has 0 aliphatic heterocycles. The third-order valence-electron chi connectivity index (χ3n) is 3.79. The second-order valence-corrected chi connectivity index (χ2v) is 5.90. The molecular weight excluding hydrogens is 298 g/mol. The minimum Gasteiger partial charge on any atom is -0.365 e. The van der Waals surface area contributed by atoms with E-state index in [2.05, 4.69) is 70.9 Å². The van der Waals surface area contributed by atoms with E-state index in [0.29, 0.717) is 18.3 Å². The van der Waals surface area contributed by atoms with Gasteiger partial charge in [-0.1, -0.05) is 48.0 Å². The molecule has 2 aromatic carbocycles. The van der Waals surface area contributed by atoms with Crippen LogP contribution in [-0.4, -0.2) is 15.2 Å². The van der Waals surface area contributed by atoms with Crippen molar-refractivity contribution in [1.29, 1.82) is 0 Å². The highest BCUT2D eigenvalue weighted by molar-refractivity contribution is 5.64. The van der Waals surface area contributed by atoms with Gasteiger partial charge in [0.15, 0.2) is 5.82 Å². The Kier molecular flexibility index (Phi) is 4.70. The third kappa shape index (κ3) is 3.87. The molecule has 5 nitrogen and oxygen atoms in total. The Bertz CT molecular complexity index is 807. The van der Waals surface area contributed by atoms with Gasteiger partial charge in [-0.25, -0.2) is 0 Å². The molecular formula is C19H21N5. The first-order valence-corrected chi connectivity index (χ1v) is 7.94. The molecule has 0 bridgehead atoms. The Balaban J connectivity index is 1.74. The summed E-state index contributed by atoms with van der Waals surface area (Å²) in [6.07, 6.45) is 1.63. The second-order valence-electron chi connectivity index (χ2n) is 5.90.